The van der Waals surface area contributed by atoms with E-state index in [1.54, 1.807) is 0 Å². The van der Waals surface area contributed by atoms with Crippen molar-refractivity contribution >= 4 is 0 Å². The van der Waals surface area contributed by atoms with Gasteiger partial charge in [-0.2, -0.15) is 13.2 Å². The van der Waals surface area contributed by atoms with Crippen LogP contribution in [0.5, 0.6) is 11.5 Å². The fourth-order valence-electron chi connectivity index (χ4n) is 1.20. The summed E-state index contributed by atoms with van der Waals surface area (Å²) in [6.07, 6.45) is -7.62. The molecule has 0 radical (unpaired) electrons. The lowest BCUT2D eigenvalue weighted by molar-refractivity contribution is -0.210. The Bertz CT molecular complexity index is 361. The number of aromatic hydroxyl groups is 2. The van der Waals surface area contributed by atoms with Crippen LogP contribution in [0.3, 0.4) is 0 Å². The summed E-state index contributed by atoms with van der Waals surface area (Å²) >= 11 is 0. The van der Waals surface area contributed by atoms with Crippen molar-refractivity contribution in [3.63, 3.8) is 0 Å². The van der Waals surface area contributed by atoms with Crippen molar-refractivity contribution in [1.82, 2.24) is 0 Å². The van der Waals surface area contributed by atoms with Crippen molar-refractivity contribution in [2.75, 3.05) is 0 Å². The van der Waals surface area contributed by atoms with Gasteiger partial charge in [-0.25, -0.2) is 0 Å². The molecule has 1 rings (SSSR count). The van der Waals surface area contributed by atoms with E-state index in [1.165, 1.54) is 0 Å². The van der Waals surface area contributed by atoms with Gasteiger partial charge in [0.25, 0.3) is 0 Å². The highest BCUT2D eigenvalue weighted by Crippen LogP contribution is 2.31. The van der Waals surface area contributed by atoms with Gasteiger partial charge in [-0.3, -0.25) is 0 Å². The number of hydrogen-bond acceptors (Lipinski definition) is 4. The third-order valence-corrected chi connectivity index (χ3v) is 1.99. The number of aliphatic hydroxyl groups excluding tert-OH is 1. The SMILES string of the molecule is N[C@H](c1cc(O)cc(O)c1)[C@@H](O)C(F)(F)F. The van der Waals surface area contributed by atoms with Crippen molar-refractivity contribution in [2.45, 2.75) is 18.3 Å². The van der Waals surface area contributed by atoms with Gasteiger partial charge in [-0.05, 0) is 17.7 Å². The molecule has 0 aliphatic carbocycles. The highest BCUT2D eigenvalue weighted by molar-refractivity contribution is 5.38. The van der Waals surface area contributed by atoms with E-state index in [1.807, 2.05) is 0 Å². The summed E-state index contributed by atoms with van der Waals surface area (Å²) in [5, 5.41) is 27.0. The predicted molar refractivity (Wildman–Crippen MR) is 48.8 cm³/mol. The van der Waals surface area contributed by atoms with Crippen LogP contribution in [0.4, 0.5) is 13.2 Å². The predicted octanol–water partition coefficient (Wildman–Crippen LogP) is 1.02. The van der Waals surface area contributed by atoms with Crippen LogP contribution < -0.4 is 5.73 Å². The van der Waals surface area contributed by atoms with E-state index in [0.29, 0.717) is 0 Å². The van der Waals surface area contributed by atoms with Gasteiger partial charge in [0.1, 0.15) is 11.5 Å². The minimum Gasteiger partial charge on any atom is -0.508 e. The highest BCUT2D eigenvalue weighted by atomic mass is 19.4. The normalized spacial score (nSPS) is 15.8. The van der Waals surface area contributed by atoms with Gasteiger partial charge in [-0.15, -0.1) is 0 Å². The molecule has 0 fully saturated rings. The Kier molecular flexibility index (Phi) is 3.30. The molecular weight excluding hydrogens is 227 g/mol. The second-order valence-electron chi connectivity index (χ2n) is 3.29. The van der Waals surface area contributed by atoms with E-state index in [9.17, 15) is 13.2 Å². The van der Waals surface area contributed by atoms with Crippen LogP contribution in [0, 0.1) is 0 Å². The molecule has 0 amide bonds. The number of halogens is 3. The summed E-state index contributed by atoms with van der Waals surface area (Å²) < 4.78 is 36.4. The monoisotopic (exact) mass is 237 g/mol. The summed E-state index contributed by atoms with van der Waals surface area (Å²) in [6, 6.07) is 1.06. The minimum atomic E-state index is -4.86. The Morgan fingerprint density at radius 2 is 1.50 bits per heavy atom. The Morgan fingerprint density at radius 1 is 1.06 bits per heavy atom. The molecule has 0 aromatic heterocycles. The van der Waals surface area contributed by atoms with Gasteiger partial charge in [0.05, 0.1) is 6.04 Å². The number of rotatable bonds is 2. The lowest BCUT2D eigenvalue weighted by Crippen LogP contribution is -2.38. The molecule has 16 heavy (non-hydrogen) atoms. The van der Waals surface area contributed by atoms with Crippen LogP contribution in [0.1, 0.15) is 11.6 Å². The number of phenols is 2. The number of benzene rings is 1. The highest BCUT2D eigenvalue weighted by Gasteiger charge is 2.42. The molecule has 4 nitrogen and oxygen atoms in total. The Hall–Kier alpha value is -1.47. The minimum absolute atomic E-state index is 0.206. The zero-order valence-corrected chi connectivity index (χ0v) is 7.94. The van der Waals surface area contributed by atoms with Gasteiger partial charge in [0.2, 0.25) is 0 Å². The first-order valence-electron chi connectivity index (χ1n) is 4.25. The molecule has 1 aromatic carbocycles. The van der Waals surface area contributed by atoms with Crippen molar-refractivity contribution in [2.24, 2.45) is 5.73 Å². The molecule has 0 bridgehead atoms. The molecule has 0 saturated heterocycles. The molecule has 7 heteroatoms. The second-order valence-corrected chi connectivity index (χ2v) is 3.29. The Labute approximate surface area is 88.7 Å². The van der Waals surface area contributed by atoms with Crippen molar-refractivity contribution in [3.05, 3.63) is 23.8 Å². The third-order valence-electron chi connectivity index (χ3n) is 1.99. The van der Waals surface area contributed by atoms with E-state index in [4.69, 9.17) is 21.1 Å². The van der Waals surface area contributed by atoms with Gasteiger partial charge in [-0.1, -0.05) is 0 Å². The number of nitrogens with two attached hydrogens (primary N) is 1. The van der Waals surface area contributed by atoms with Gasteiger partial charge in [0, 0.05) is 6.07 Å². The molecule has 0 heterocycles. The van der Waals surface area contributed by atoms with Crippen molar-refractivity contribution < 1.29 is 28.5 Å². The van der Waals surface area contributed by atoms with E-state index in [0.717, 1.165) is 18.2 Å². The van der Waals surface area contributed by atoms with Crippen LogP contribution in [0.25, 0.3) is 0 Å². The summed E-state index contributed by atoms with van der Waals surface area (Å²) in [7, 11) is 0. The second kappa shape index (κ2) is 4.18. The zero-order valence-electron chi connectivity index (χ0n) is 7.94. The first-order chi connectivity index (χ1) is 7.21. The molecule has 0 spiro atoms. The van der Waals surface area contributed by atoms with Crippen LogP contribution in [-0.2, 0) is 0 Å². The Morgan fingerprint density at radius 3 is 1.88 bits per heavy atom. The third kappa shape index (κ3) is 2.77. The van der Waals surface area contributed by atoms with Gasteiger partial charge >= 0.3 is 6.18 Å². The van der Waals surface area contributed by atoms with E-state index >= 15 is 0 Å². The van der Waals surface area contributed by atoms with Gasteiger partial charge < -0.3 is 21.1 Å². The molecule has 2 atom stereocenters. The number of alkyl halides is 3. The lowest BCUT2D eigenvalue weighted by atomic mass is 10.0. The molecule has 1 aromatic rings. The fraction of sp³-hybridized carbons (Fsp3) is 0.333. The van der Waals surface area contributed by atoms with Crippen LogP contribution in [0.2, 0.25) is 0 Å². The largest absolute Gasteiger partial charge is 0.508 e. The van der Waals surface area contributed by atoms with Crippen molar-refractivity contribution in [1.29, 1.82) is 0 Å². The van der Waals surface area contributed by atoms with E-state index < -0.39 is 29.8 Å². The average Bonchev–Trinajstić information content (AvgIpc) is 2.12. The smallest absolute Gasteiger partial charge is 0.416 e. The molecule has 0 aliphatic heterocycles. The first-order valence-corrected chi connectivity index (χ1v) is 4.25. The molecular formula is C9H10F3NO3. The quantitative estimate of drug-likeness (QED) is 0.618. The molecule has 0 saturated carbocycles. The summed E-state index contributed by atoms with van der Waals surface area (Å²) in [4.78, 5) is 0. The Balaban J connectivity index is 3.00. The van der Waals surface area contributed by atoms with E-state index in [2.05, 4.69) is 0 Å². The fourth-order valence-corrected chi connectivity index (χ4v) is 1.20. The first kappa shape index (κ1) is 12.6. The standard InChI is InChI=1S/C9H10F3NO3/c10-9(11,12)8(16)7(13)4-1-5(14)3-6(15)2-4/h1-3,7-8,14-16H,13H2/t7-,8-/m1/s1. The maximum absolute atomic E-state index is 12.1. The maximum atomic E-state index is 12.1. The summed E-state index contributed by atoms with van der Waals surface area (Å²) in [5.41, 5.74) is 4.96. The lowest BCUT2D eigenvalue weighted by Gasteiger charge is -2.21. The average molecular weight is 237 g/mol. The molecule has 5 N–H and O–H groups in total. The van der Waals surface area contributed by atoms with Crippen molar-refractivity contribution in [3.8, 4) is 11.5 Å². The zero-order chi connectivity index (χ0) is 12.5. The number of hydrogen-bond donors (Lipinski definition) is 4. The number of phenolic OH excluding ortho intramolecular Hbond substituents is 2. The molecule has 90 valence electrons. The number of aliphatic hydroxyl groups is 1. The van der Waals surface area contributed by atoms with Crippen LogP contribution >= 0.6 is 0 Å². The topological polar surface area (TPSA) is 86.7 Å². The summed E-state index contributed by atoms with van der Waals surface area (Å²) in [6.45, 7) is 0. The van der Waals surface area contributed by atoms with Crippen LogP contribution in [0.15, 0.2) is 18.2 Å². The van der Waals surface area contributed by atoms with Crippen LogP contribution in [-0.4, -0.2) is 27.6 Å². The molecule has 0 aliphatic rings. The van der Waals surface area contributed by atoms with E-state index in [-0.39, 0.29) is 5.56 Å². The summed E-state index contributed by atoms with van der Waals surface area (Å²) in [5.74, 6) is -0.861. The van der Waals surface area contributed by atoms with Gasteiger partial charge in [0.15, 0.2) is 6.10 Å². The molecule has 0 unspecified atom stereocenters. The maximum Gasteiger partial charge on any atom is 0.416 e.